The minimum atomic E-state index is -0.328. The first-order chi connectivity index (χ1) is 13.7. The SMILES string of the molecule is Nc1n[nH]c(=O)c2c1c(-c1ccc(C3OCCO3)cc1)nn2[C@@H]1CCCNC1. The summed E-state index contributed by atoms with van der Waals surface area (Å²) >= 11 is 0. The average Bonchev–Trinajstić information content (AvgIpc) is 3.40. The molecular formula is C19H22N6O3. The summed E-state index contributed by atoms with van der Waals surface area (Å²) in [7, 11) is 0. The van der Waals surface area contributed by atoms with Gasteiger partial charge in [0.15, 0.2) is 12.1 Å². The van der Waals surface area contributed by atoms with Crippen LogP contribution in [0.4, 0.5) is 5.82 Å². The molecular weight excluding hydrogens is 360 g/mol. The van der Waals surface area contributed by atoms with Gasteiger partial charge in [0.05, 0.1) is 24.6 Å². The van der Waals surface area contributed by atoms with Crippen LogP contribution in [-0.4, -0.2) is 46.3 Å². The third-order valence-electron chi connectivity index (χ3n) is 5.35. The smallest absolute Gasteiger partial charge is 0.290 e. The molecule has 2 saturated heterocycles. The van der Waals surface area contributed by atoms with Gasteiger partial charge in [-0.2, -0.15) is 10.2 Å². The van der Waals surface area contributed by atoms with Crippen molar-refractivity contribution in [2.45, 2.75) is 25.2 Å². The summed E-state index contributed by atoms with van der Waals surface area (Å²) < 4.78 is 12.9. The van der Waals surface area contributed by atoms with Gasteiger partial charge in [0, 0.05) is 17.7 Å². The third-order valence-corrected chi connectivity index (χ3v) is 5.35. The molecule has 0 unspecified atom stereocenters. The van der Waals surface area contributed by atoms with Crippen LogP contribution < -0.4 is 16.6 Å². The lowest BCUT2D eigenvalue weighted by molar-refractivity contribution is -0.0441. The minimum absolute atomic E-state index is 0.104. The molecule has 1 atom stereocenters. The lowest BCUT2D eigenvalue weighted by Gasteiger charge is -2.23. The van der Waals surface area contributed by atoms with E-state index in [0.717, 1.165) is 37.1 Å². The van der Waals surface area contributed by atoms with E-state index in [-0.39, 0.29) is 23.7 Å². The van der Waals surface area contributed by atoms with Gasteiger partial charge in [-0.15, -0.1) is 0 Å². The average molecular weight is 382 g/mol. The van der Waals surface area contributed by atoms with E-state index in [1.54, 1.807) is 0 Å². The van der Waals surface area contributed by atoms with Crippen molar-refractivity contribution in [3.63, 3.8) is 0 Å². The van der Waals surface area contributed by atoms with Gasteiger partial charge in [-0.25, -0.2) is 5.10 Å². The predicted molar refractivity (Wildman–Crippen MR) is 104 cm³/mol. The Balaban J connectivity index is 1.62. The normalized spacial score (nSPS) is 20.8. The molecule has 0 amide bonds. The number of hydrogen-bond donors (Lipinski definition) is 3. The molecule has 2 aliphatic rings. The molecule has 28 heavy (non-hydrogen) atoms. The predicted octanol–water partition coefficient (Wildman–Crippen LogP) is 1.34. The maximum atomic E-state index is 12.6. The fraction of sp³-hybridized carbons (Fsp3) is 0.421. The zero-order valence-corrected chi connectivity index (χ0v) is 15.4. The lowest BCUT2D eigenvalue weighted by atomic mass is 10.1. The van der Waals surface area contributed by atoms with Crippen molar-refractivity contribution < 1.29 is 9.47 Å². The summed E-state index contributed by atoms with van der Waals surface area (Å²) in [5.41, 5.74) is 8.82. The Labute approximate surface area is 160 Å². The summed E-state index contributed by atoms with van der Waals surface area (Å²) in [4.78, 5) is 12.6. The van der Waals surface area contributed by atoms with Crippen LogP contribution in [0.1, 0.15) is 30.7 Å². The number of ether oxygens (including phenoxy) is 2. The van der Waals surface area contributed by atoms with Crippen molar-refractivity contribution >= 4 is 16.7 Å². The van der Waals surface area contributed by atoms with Crippen LogP contribution in [-0.2, 0) is 9.47 Å². The lowest BCUT2D eigenvalue weighted by Crippen LogP contribution is -2.33. The topological polar surface area (TPSA) is 120 Å². The Bertz CT molecular complexity index is 1050. The maximum absolute atomic E-state index is 12.6. The first kappa shape index (κ1) is 17.4. The van der Waals surface area contributed by atoms with Gasteiger partial charge < -0.3 is 20.5 Å². The van der Waals surface area contributed by atoms with Crippen LogP contribution in [0.2, 0.25) is 0 Å². The highest BCUT2D eigenvalue weighted by Gasteiger charge is 2.25. The van der Waals surface area contributed by atoms with Crippen LogP contribution in [0.3, 0.4) is 0 Å². The minimum Gasteiger partial charge on any atom is -0.382 e. The second kappa shape index (κ2) is 7.01. The molecule has 2 aliphatic heterocycles. The molecule has 0 radical (unpaired) electrons. The standard InChI is InChI=1S/C19H22N6O3/c20-17-14-15(11-3-5-12(6-4-11)19-27-8-9-28-19)24-25(13-2-1-7-21-10-13)16(14)18(26)23-22-17/h3-6,13,19,21H,1-2,7-10H2,(H2,20,22)(H,23,26)/t13-/m1/s1. The molecule has 146 valence electrons. The fourth-order valence-electron chi connectivity index (χ4n) is 3.97. The van der Waals surface area contributed by atoms with Gasteiger partial charge in [0.1, 0.15) is 11.2 Å². The van der Waals surface area contributed by atoms with Gasteiger partial charge in [0.2, 0.25) is 0 Å². The summed E-state index contributed by atoms with van der Waals surface area (Å²) in [6.45, 7) is 2.95. The van der Waals surface area contributed by atoms with Crippen molar-refractivity contribution in [3.05, 3.63) is 40.2 Å². The highest BCUT2D eigenvalue weighted by Crippen LogP contribution is 2.33. The number of piperidine rings is 1. The number of hydrogen-bond acceptors (Lipinski definition) is 7. The number of nitrogen functional groups attached to an aromatic ring is 1. The number of nitrogens with zero attached hydrogens (tertiary/aromatic N) is 3. The van der Waals surface area contributed by atoms with Crippen molar-refractivity contribution in [2.75, 3.05) is 32.0 Å². The Hall–Kier alpha value is -2.75. The number of benzene rings is 1. The third kappa shape index (κ3) is 2.88. The molecule has 4 N–H and O–H groups in total. The summed E-state index contributed by atoms with van der Waals surface area (Å²) in [6.07, 6.45) is 1.67. The van der Waals surface area contributed by atoms with Gasteiger partial charge in [-0.05, 0) is 19.4 Å². The van der Waals surface area contributed by atoms with Crippen LogP contribution in [0.25, 0.3) is 22.2 Å². The van der Waals surface area contributed by atoms with Crippen molar-refractivity contribution in [1.29, 1.82) is 0 Å². The number of aromatic nitrogens is 4. The number of nitrogens with two attached hydrogens (primary N) is 1. The number of aromatic amines is 1. The monoisotopic (exact) mass is 382 g/mol. The number of H-pyrrole nitrogens is 1. The number of nitrogens with one attached hydrogen (secondary N) is 2. The maximum Gasteiger partial charge on any atom is 0.290 e. The highest BCUT2D eigenvalue weighted by molar-refractivity contribution is 5.99. The molecule has 1 aromatic carbocycles. The Morgan fingerprint density at radius 1 is 1.18 bits per heavy atom. The first-order valence-electron chi connectivity index (χ1n) is 9.53. The van der Waals surface area contributed by atoms with Gasteiger partial charge >= 0.3 is 0 Å². The second-order valence-corrected chi connectivity index (χ2v) is 7.15. The fourth-order valence-corrected chi connectivity index (χ4v) is 3.97. The molecule has 5 rings (SSSR count). The zero-order chi connectivity index (χ0) is 19.1. The van der Waals surface area contributed by atoms with E-state index in [2.05, 4.69) is 15.5 Å². The Kier molecular flexibility index (Phi) is 4.34. The van der Waals surface area contributed by atoms with Crippen LogP contribution in [0.5, 0.6) is 0 Å². The number of fused-ring (bicyclic) bond motifs is 1. The van der Waals surface area contributed by atoms with E-state index >= 15 is 0 Å². The molecule has 4 heterocycles. The molecule has 2 fully saturated rings. The number of rotatable bonds is 3. The molecule has 3 aromatic rings. The molecule has 9 heteroatoms. The largest absolute Gasteiger partial charge is 0.382 e. The van der Waals surface area contributed by atoms with E-state index in [4.69, 9.17) is 20.3 Å². The van der Waals surface area contributed by atoms with Gasteiger partial charge in [-0.1, -0.05) is 24.3 Å². The Morgan fingerprint density at radius 2 is 1.96 bits per heavy atom. The van der Waals surface area contributed by atoms with Crippen molar-refractivity contribution in [3.8, 4) is 11.3 Å². The van der Waals surface area contributed by atoms with E-state index in [1.165, 1.54) is 0 Å². The summed E-state index contributed by atoms with van der Waals surface area (Å²) in [6, 6.07) is 7.91. The molecule has 0 aliphatic carbocycles. The van der Waals surface area contributed by atoms with Crippen molar-refractivity contribution in [1.82, 2.24) is 25.3 Å². The van der Waals surface area contributed by atoms with Crippen LogP contribution >= 0.6 is 0 Å². The number of anilines is 1. The molecule has 0 saturated carbocycles. The molecule has 2 aromatic heterocycles. The quantitative estimate of drug-likeness (QED) is 0.625. The molecule has 0 spiro atoms. The van der Waals surface area contributed by atoms with Crippen molar-refractivity contribution in [2.24, 2.45) is 0 Å². The van der Waals surface area contributed by atoms with E-state index < -0.39 is 0 Å². The van der Waals surface area contributed by atoms with Gasteiger partial charge in [0.25, 0.3) is 5.56 Å². The van der Waals surface area contributed by atoms with E-state index in [1.807, 2.05) is 28.9 Å². The summed E-state index contributed by atoms with van der Waals surface area (Å²) in [5.74, 6) is 0.270. The van der Waals surface area contributed by atoms with E-state index in [0.29, 0.717) is 29.8 Å². The zero-order valence-electron chi connectivity index (χ0n) is 15.4. The Morgan fingerprint density at radius 3 is 2.68 bits per heavy atom. The van der Waals surface area contributed by atoms with E-state index in [9.17, 15) is 4.79 Å². The molecule has 0 bridgehead atoms. The van der Waals surface area contributed by atoms with Crippen LogP contribution in [0.15, 0.2) is 29.1 Å². The second-order valence-electron chi connectivity index (χ2n) is 7.15. The highest BCUT2D eigenvalue weighted by atomic mass is 16.7. The summed E-state index contributed by atoms with van der Waals surface area (Å²) in [5, 5.41) is 15.2. The first-order valence-corrected chi connectivity index (χ1v) is 9.53. The van der Waals surface area contributed by atoms with Gasteiger partial charge in [-0.3, -0.25) is 9.48 Å². The van der Waals surface area contributed by atoms with Crippen LogP contribution in [0, 0.1) is 0 Å². The molecule has 9 nitrogen and oxygen atoms in total.